The van der Waals surface area contributed by atoms with E-state index in [1.165, 1.54) is 31.7 Å². The molecule has 1 aliphatic heterocycles. The fourth-order valence-corrected chi connectivity index (χ4v) is 7.12. The molecule has 3 heterocycles. The van der Waals surface area contributed by atoms with E-state index >= 15 is 0 Å². The van der Waals surface area contributed by atoms with Gasteiger partial charge in [0.15, 0.2) is 17.4 Å². The molecule has 1 saturated heterocycles. The van der Waals surface area contributed by atoms with E-state index in [0.29, 0.717) is 0 Å². The number of carbonyl (C=O) groups is 2. The van der Waals surface area contributed by atoms with Crippen LogP contribution in [-0.2, 0) is 46.1 Å². The van der Waals surface area contributed by atoms with Gasteiger partial charge < -0.3 is 39.4 Å². The Bertz CT molecular complexity index is 1780. The number of nitrogens with one attached hydrogen (secondary N) is 2. The van der Waals surface area contributed by atoms with Crippen molar-refractivity contribution < 1.29 is 47.8 Å². The number of nitrogens with zero attached hydrogens (tertiary/aromatic N) is 4. The lowest BCUT2D eigenvalue weighted by Gasteiger charge is -2.28. The number of esters is 2. The first kappa shape index (κ1) is 37.8. The Morgan fingerprint density at radius 2 is 1.55 bits per heavy atom. The number of carbonyl (C=O) groups excluding carboxylic acids is 2. The van der Waals surface area contributed by atoms with Crippen molar-refractivity contribution in [3.8, 4) is 5.88 Å². The second kappa shape index (κ2) is 16.2. The largest absolute Gasteiger partial charge is 0.476 e. The highest BCUT2D eigenvalue weighted by molar-refractivity contribution is 7.54. The molecule has 0 radical (unpaired) electrons. The number of aliphatic hydroxyl groups is 2. The smallest absolute Gasteiger partial charge is 0.342 e. The molecule has 18 heteroatoms. The fourth-order valence-electron chi connectivity index (χ4n) is 5.31. The second-order valence-corrected chi connectivity index (χ2v) is 14.0. The van der Waals surface area contributed by atoms with E-state index in [9.17, 15) is 24.4 Å². The lowest BCUT2D eigenvalue weighted by Crippen LogP contribution is -2.45. The number of aromatic nitrogens is 4. The highest BCUT2D eigenvalue weighted by Crippen LogP contribution is 2.44. The van der Waals surface area contributed by atoms with Crippen LogP contribution >= 0.6 is 7.67 Å². The van der Waals surface area contributed by atoms with Crippen molar-refractivity contribution in [3.63, 3.8) is 0 Å². The fraction of sp³-hybridized carbons (Fsp3) is 0.424. The van der Waals surface area contributed by atoms with Gasteiger partial charge in [-0.2, -0.15) is 9.97 Å². The first-order valence-corrected chi connectivity index (χ1v) is 17.8. The van der Waals surface area contributed by atoms with Crippen LogP contribution in [0.1, 0.15) is 45.0 Å². The maximum absolute atomic E-state index is 14.3. The number of fused-ring (bicyclic) bond motifs is 1. The number of aliphatic hydroxyl groups excluding tert-OH is 1. The molecular weight excluding hydrogens is 685 g/mol. The first-order chi connectivity index (χ1) is 24.3. The molecule has 0 saturated carbocycles. The van der Waals surface area contributed by atoms with Crippen LogP contribution in [0.4, 0.5) is 5.95 Å². The number of ether oxygens (including phenoxy) is 4. The molecule has 6 unspecified atom stereocenters. The van der Waals surface area contributed by atoms with Crippen LogP contribution in [0.2, 0.25) is 0 Å². The Balaban J connectivity index is 1.31. The average molecular weight is 728 g/mol. The summed E-state index contributed by atoms with van der Waals surface area (Å²) >= 11 is 0. The zero-order valence-corrected chi connectivity index (χ0v) is 29.4. The normalized spacial score (nSPS) is 22.6. The third kappa shape index (κ3) is 9.07. The van der Waals surface area contributed by atoms with Gasteiger partial charge in [0.05, 0.1) is 19.5 Å². The van der Waals surface area contributed by atoms with E-state index in [1.54, 1.807) is 55.5 Å². The highest BCUT2D eigenvalue weighted by Gasteiger charge is 2.54. The van der Waals surface area contributed by atoms with Crippen LogP contribution < -0.4 is 20.6 Å². The Hall–Kier alpha value is -4.48. The van der Waals surface area contributed by atoms with Crippen LogP contribution in [-0.4, -0.2) is 84.8 Å². The third-order valence-electron chi connectivity index (χ3n) is 8.00. The molecule has 6 atom stereocenters. The molecule has 51 heavy (non-hydrogen) atoms. The van der Waals surface area contributed by atoms with Crippen LogP contribution in [0.25, 0.3) is 11.2 Å². The van der Waals surface area contributed by atoms with E-state index in [1.807, 2.05) is 12.1 Å². The van der Waals surface area contributed by atoms with Gasteiger partial charge in [-0.15, -0.1) is 0 Å². The predicted octanol–water partition coefficient (Wildman–Crippen LogP) is 2.38. The standard InChI is InChI=1S/C33H42N7O10P/c1-5-46-28-25-27(36-32(34)37-28)40(19-35-25)31-33(4,44)26(41)24(50-31)18-49-51(45,38-20(2)29(42)47-16-22-12-8-6-9-13-22)39-21(3)30(43)48-17-23-14-10-7-11-15-23/h6-15,19-21,24,26,31,41,44H,5,16-18H2,1-4H3,(H2,34,36,37)(H2,38,39,45). The number of rotatable bonds is 16. The summed E-state index contributed by atoms with van der Waals surface area (Å²) in [7, 11) is -4.34. The summed E-state index contributed by atoms with van der Waals surface area (Å²) < 4.78 is 43.8. The molecule has 2 aromatic heterocycles. The van der Waals surface area contributed by atoms with E-state index in [0.717, 1.165) is 11.1 Å². The number of benzene rings is 2. The van der Waals surface area contributed by atoms with Crippen molar-refractivity contribution in [3.05, 3.63) is 78.1 Å². The molecule has 0 bridgehead atoms. The van der Waals surface area contributed by atoms with Crippen molar-refractivity contribution in [2.45, 2.75) is 77.0 Å². The Morgan fingerprint density at radius 1 is 1.00 bits per heavy atom. The van der Waals surface area contributed by atoms with Crippen LogP contribution in [0.3, 0.4) is 0 Å². The number of nitrogens with two attached hydrogens (primary N) is 1. The molecule has 5 rings (SSSR count). The molecule has 0 spiro atoms. The van der Waals surface area contributed by atoms with Crippen molar-refractivity contribution in [1.29, 1.82) is 0 Å². The van der Waals surface area contributed by atoms with Gasteiger partial charge in [0.1, 0.15) is 43.1 Å². The quantitative estimate of drug-likeness (QED) is 0.0824. The number of hydrogen-bond donors (Lipinski definition) is 5. The Kier molecular flexibility index (Phi) is 12.0. The van der Waals surface area contributed by atoms with E-state index in [-0.39, 0.29) is 42.8 Å². The van der Waals surface area contributed by atoms with Gasteiger partial charge in [0, 0.05) is 0 Å². The van der Waals surface area contributed by atoms with Crippen LogP contribution in [0.15, 0.2) is 67.0 Å². The van der Waals surface area contributed by atoms with Gasteiger partial charge in [-0.05, 0) is 38.8 Å². The molecule has 17 nitrogen and oxygen atoms in total. The lowest BCUT2D eigenvalue weighted by molar-refractivity contribution is -0.147. The Labute approximate surface area is 294 Å². The molecule has 1 fully saturated rings. The van der Waals surface area contributed by atoms with Gasteiger partial charge in [0.25, 0.3) is 0 Å². The molecular formula is C33H42N7O10P. The lowest BCUT2D eigenvalue weighted by atomic mass is 9.96. The summed E-state index contributed by atoms with van der Waals surface area (Å²) in [5, 5.41) is 27.9. The Morgan fingerprint density at radius 3 is 2.08 bits per heavy atom. The summed E-state index contributed by atoms with van der Waals surface area (Å²) in [4.78, 5) is 38.4. The minimum Gasteiger partial charge on any atom is -0.476 e. The summed E-state index contributed by atoms with van der Waals surface area (Å²) in [6, 6.07) is 15.6. The summed E-state index contributed by atoms with van der Waals surface area (Å²) in [5.74, 6) is -1.48. The molecule has 2 aromatic carbocycles. The minimum absolute atomic E-state index is 0.0311. The summed E-state index contributed by atoms with van der Waals surface area (Å²) in [6.45, 7) is 5.58. The van der Waals surface area contributed by atoms with Crippen molar-refractivity contribution >= 4 is 36.7 Å². The summed E-state index contributed by atoms with van der Waals surface area (Å²) in [5.41, 5.74) is 5.86. The first-order valence-electron chi connectivity index (χ1n) is 16.2. The van der Waals surface area contributed by atoms with Gasteiger partial charge in [-0.1, -0.05) is 60.7 Å². The van der Waals surface area contributed by atoms with Crippen molar-refractivity contribution in [1.82, 2.24) is 29.7 Å². The molecule has 6 N–H and O–H groups in total. The average Bonchev–Trinajstić information content (AvgIpc) is 3.62. The van der Waals surface area contributed by atoms with E-state index in [2.05, 4.69) is 25.1 Å². The zero-order valence-electron chi connectivity index (χ0n) is 28.5. The minimum atomic E-state index is -4.34. The maximum Gasteiger partial charge on any atom is 0.342 e. The van der Waals surface area contributed by atoms with Gasteiger partial charge in [0.2, 0.25) is 11.8 Å². The van der Waals surface area contributed by atoms with E-state index in [4.69, 9.17) is 29.2 Å². The molecule has 1 aliphatic rings. The van der Waals surface area contributed by atoms with Gasteiger partial charge >= 0.3 is 19.6 Å². The number of imidazole rings is 1. The topological polar surface area (TPSA) is 231 Å². The number of nitrogen functional groups attached to an aromatic ring is 1. The number of anilines is 1. The molecule has 0 aliphatic carbocycles. The number of hydrogen-bond acceptors (Lipinski definition) is 14. The van der Waals surface area contributed by atoms with Crippen molar-refractivity contribution in [2.75, 3.05) is 18.9 Å². The predicted molar refractivity (Wildman–Crippen MR) is 183 cm³/mol. The monoisotopic (exact) mass is 727 g/mol. The van der Waals surface area contributed by atoms with Crippen LogP contribution in [0.5, 0.6) is 5.88 Å². The molecule has 0 amide bonds. The van der Waals surface area contributed by atoms with E-state index < -0.39 is 62.3 Å². The zero-order chi connectivity index (χ0) is 36.8. The van der Waals surface area contributed by atoms with Crippen molar-refractivity contribution in [2.24, 2.45) is 0 Å². The second-order valence-electron chi connectivity index (χ2n) is 12.1. The summed E-state index contributed by atoms with van der Waals surface area (Å²) in [6.07, 6.45) is -2.80. The molecule has 274 valence electrons. The maximum atomic E-state index is 14.3. The van der Waals surface area contributed by atoms with Gasteiger partial charge in [-0.3, -0.25) is 18.7 Å². The highest BCUT2D eigenvalue weighted by atomic mass is 31.2. The van der Waals surface area contributed by atoms with Crippen LogP contribution in [0, 0.1) is 0 Å². The van der Waals surface area contributed by atoms with Gasteiger partial charge in [-0.25, -0.2) is 15.2 Å². The third-order valence-corrected chi connectivity index (χ3v) is 9.96. The SMILES string of the molecule is CCOc1nc(N)nc2c1ncn2C1OC(COP(=O)(NC(C)C(=O)OCc2ccccc2)NC(C)C(=O)OCc2ccccc2)C(O)C1(C)O. The molecule has 4 aromatic rings.